The van der Waals surface area contributed by atoms with Crippen LogP contribution in [0.1, 0.15) is 42.5 Å². The van der Waals surface area contributed by atoms with E-state index in [-0.39, 0.29) is 44.6 Å². The quantitative estimate of drug-likeness (QED) is 0.0172. The van der Waals surface area contributed by atoms with Crippen LogP contribution >= 0.6 is 15.9 Å². The summed E-state index contributed by atoms with van der Waals surface area (Å²) in [5, 5.41) is 13.9. The number of allylic oxidation sites excluding steroid dienone is 6. The third-order valence-corrected chi connectivity index (χ3v) is 12.8. The van der Waals surface area contributed by atoms with Crippen molar-refractivity contribution in [3.05, 3.63) is 189 Å². The number of para-hydroxylation sites is 1. The summed E-state index contributed by atoms with van der Waals surface area (Å²) < 4.78 is 99.1. The molecule has 64 heavy (non-hydrogen) atoms. The van der Waals surface area contributed by atoms with Gasteiger partial charge in [-0.2, -0.15) is 4.58 Å². The molecule has 0 bridgehead atoms. The smallest absolute Gasteiger partial charge is 0.309 e. The molecule has 0 spiro atoms. The minimum absolute atomic E-state index is 0.0117. The van der Waals surface area contributed by atoms with Gasteiger partial charge in [-0.25, -0.2) is 26.3 Å². The molecule has 1 unspecified atom stereocenters. The van der Waals surface area contributed by atoms with E-state index in [4.69, 9.17) is 4.74 Å². The first-order valence-corrected chi connectivity index (χ1v) is 21.2. The second-order valence-electron chi connectivity index (χ2n) is 16.3. The first-order chi connectivity index (χ1) is 30.7. The highest BCUT2D eigenvalue weighted by Gasteiger charge is 2.50. The van der Waals surface area contributed by atoms with Gasteiger partial charge in [0.15, 0.2) is 35.5 Å². The first-order valence-electron chi connectivity index (χ1n) is 20.4. The van der Waals surface area contributed by atoms with Crippen molar-refractivity contribution in [1.29, 1.82) is 0 Å². The predicted molar refractivity (Wildman–Crippen MR) is 238 cm³/mol. The lowest BCUT2D eigenvalue weighted by atomic mass is 9.70. The van der Waals surface area contributed by atoms with Crippen LogP contribution in [0.2, 0.25) is 0 Å². The molecular formula is C51H40BrF6N2O4+. The Morgan fingerprint density at radius 1 is 0.781 bits per heavy atom. The molecule has 8 rings (SSSR count). The Kier molecular flexibility index (Phi) is 12.1. The van der Waals surface area contributed by atoms with Crippen LogP contribution in [0.5, 0.6) is 0 Å². The SMILES string of the molecule is CC1(C)C(C=CC=CC=C2N(CCOC=O)c3ccccc3C2(Cc2ccc(Br)cc2F)Cc2c(F)c(F)c(F)c(F)c2F)=[N+](CCC(=O)O)c2c1c1ccccc1c1ccccc21. The number of rotatable bonds is 14. The molecule has 0 saturated heterocycles. The van der Waals surface area contributed by atoms with Crippen LogP contribution in [0, 0.1) is 34.9 Å². The number of ether oxygens (including phenoxy) is 1. The molecule has 0 saturated carbocycles. The fourth-order valence-electron chi connectivity index (χ4n) is 9.57. The Labute approximate surface area is 373 Å². The Morgan fingerprint density at radius 3 is 2.08 bits per heavy atom. The zero-order valence-electron chi connectivity index (χ0n) is 34.6. The second kappa shape index (κ2) is 17.6. The van der Waals surface area contributed by atoms with Crippen molar-refractivity contribution in [2.75, 3.05) is 24.6 Å². The molecule has 0 aromatic heterocycles. The lowest BCUT2D eigenvalue weighted by Gasteiger charge is -2.35. The molecule has 13 heteroatoms. The number of carbonyl (C=O) groups excluding carboxylic acids is 1. The number of hydrogen-bond donors (Lipinski definition) is 1. The third-order valence-electron chi connectivity index (χ3n) is 12.3. The number of carboxylic acids is 1. The molecule has 6 aromatic carbocycles. The maximum atomic E-state index is 15.9. The number of halogens is 7. The van der Waals surface area contributed by atoms with Crippen LogP contribution in [0.25, 0.3) is 21.5 Å². The fraction of sp³-hybridized carbons (Fsp3) is 0.196. The van der Waals surface area contributed by atoms with Crippen LogP contribution in [0.15, 0.2) is 132 Å². The fourth-order valence-corrected chi connectivity index (χ4v) is 9.90. The average molecular weight is 939 g/mol. The molecule has 1 atom stereocenters. The minimum atomic E-state index is -2.30. The molecular weight excluding hydrogens is 898 g/mol. The third kappa shape index (κ3) is 7.59. The van der Waals surface area contributed by atoms with Gasteiger partial charge in [0.2, 0.25) is 11.5 Å². The highest BCUT2D eigenvalue weighted by molar-refractivity contribution is 9.10. The molecule has 2 aliphatic rings. The number of nitrogens with zero attached hydrogens (tertiary/aromatic N) is 2. The number of hydrogen-bond acceptors (Lipinski definition) is 4. The van der Waals surface area contributed by atoms with Crippen molar-refractivity contribution in [3.63, 3.8) is 0 Å². The Bertz CT molecular complexity index is 2990. The van der Waals surface area contributed by atoms with Gasteiger partial charge in [-0.3, -0.25) is 9.59 Å². The van der Waals surface area contributed by atoms with Crippen molar-refractivity contribution in [3.8, 4) is 0 Å². The maximum Gasteiger partial charge on any atom is 0.309 e. The molecule has 6 nitrogen and oxygen atoms in total. The highest BCUT2D eigenvalue weighted by Crippen LogP contribution is 2.53. The molecule has 0 radical (unpaired) electrons. The van der Waals surface area contributed by atoms with E-state index in [2.05, 4.69) is 48.0 Å². The molecule has 2 aliphatic heterocycles. The molecule has 6 aromatic rings. The zero-order chi connectivity index (χ0) is 45.5. The molecule has 0 aliphatic carbocycles. The van der Waals surface area contributed by atoms with Crippen molar-refractivity contribution >= 4 is 67.0 Å². The van der Waals surface area contributed by atoms with Gasteiger partial charge in [0.25, 0.3) is 6.47 Å². The lowest BCUT2D eigenvalue weighted by molar-refractivity contribution is -0.435. The Hall–Kier alpha value is -6.47. The molecule has 2 heterocycles. The summed E-state index contributed by atoms with van der Waals surface area (Å²) in [6.07, 6.45) is 7.47. The molecule has 0 amide bonds. The second-order valence-corrected chi connectivity index (χ2v) is 17.2. The summed E-state index contributed by atoms with van der Waals surface area (Å²) in [6.45, 7) is 4.49. The normalized spacial score (nSPS) is 17.4. The van der Waals surface area contributed by atoms with Gasteiger partial charge in [-0.15, -0.1) is 0 Å². The van der Waals surface area contributed by atoms with E-state index in [1.807, 2.05) is 41.0 Å². The first kappa shape index (κ1) is 44.1. The summed E-state index contributed by atoms with van der Waals surface area (Å²) in [6, 6.07) is 27.1. The van der Waals surface area contributed by atoms with Crippen LogP contribution in [-0.2, 0) is 38.0 Å². The van der Waals surface area contributed by atoms with Gasteiger partial charge < -0.3 is 14.7 Å². The van der Waals surface area contributed by atoms with E-state index >= 15 is 13.2 Å². The largest absolute Gasteiger partial charge is 0.481 e. The van der Waals surface area contributed by atoms with Crippen LogP contribution in [0.4, 0.5) is 37.7 Å². The average Bonchev–Trinajstić information content (AvgIpc) is 3.67. The number of carbonyl (C=O) groups is 2. The van der Waals surface area contributed by atoms with Crippen molar-refractivity contribution in [2.24, 2.45) is 0 Å². The van der Waals surface area contributed by atoms with Crippen LogP contribution < -0.4 is 4.90 Å². The number of benzene rings is 6. The van der Waals surface area contributed by atoms with Crippen molar-refractivity contribution in [1.82, 2.24) is 0 Å². The van der Waals surface area contributed by atoms with Gasteiger partial charge in [0.1, 0.15) is 18.8 Å². The van der Waals surface area contributed by atoms with Gasteiger partial charge in [-0.05, 0) is 84.3 Å². The number of fused-ring (bicyclic) bond motifs is 7. The van der Waals surface area contributed by atoms with Gasteiger partial charge in [0.05, 0.1) is 17.3 Å². The van der Waals surface area contributed by atoms with E-state index < -0.39 is 63.7 Å². The monoisotopic (exact) mass is 937 g/mol. The van der Waals surface area contributed by atoms with E-state index in [0.29, 0.717) is 21.4 Å². The van der Waals surface area contributed by atoms with Crippen LogP contribution in [0.3, 0.4) is 0 Å². The summed E-state index contributed by atoms with van der Waals surface area (Å²) in [4.78, 5) is 25.0. The molecule has 326 valence electrons. The van der Waals surface area contributed by atoms with E-state index in [0.717, 1.165) is 38.5 Å². The zero-order valence-corrected chi connectivity index (χ0v) is 36.2. The van der Waals surface area contributed by atoms with E-state index in [1.165, 1.54) is 12.1 Å². The number of anilines is 1. The summed E-state index contributed by atoms with van der Waals surface area (Å²) in [5.74, 6) is -12.1. The standard InChI is InChI=1S/C51H39BrF6N2O4/c1-50(2)40(60(23-22-42(62)63)49-35-15-9-7-13-33(35)32-12-6-8-14-34(32)43(49)50)18-4-3-5-19-41-51(27-30-20-21-31(52)26-38(30)53,28-36-44(54)46(56)48(58)47(57)45(36)55)37-16-10-11-17-39(37)59(41)24-25-64-29-61/h3-21,26,29H,22-25,27-28H2,1-2H3/p+1. The van der Waals surface area contributed by atoms with Crippen LogP contribution in [-0.4, -0.2) is 47.5 Å². The maximum absolute atomic E-state index is 15.9. The Balaban J connectivity index is 1.30. The molecule has 0 fully saturated rings. The van der Waals surface area contributed by atoms with E-state index in [9.17, 15) is 27.9 Å². The van der Waals surface area contributed by atoms with Gasteiger partial charge >= 0.3 is 5.97 Å². The van der Waals surface area contributed by atoms with Gasteiger partial charge in [-0.1, -0.05) is 101 Å². The van der Waals surface area contributed by atoms with Crippen molar-refractivity contribution < 1.29 is 50.4 Å². The predicted octanol–water partition coefficient (Wildman–Crippen LogP) is 11.9. The number of aliphatic carboxylic acids is 1. The number of carboxylic acid groups (broad SMARTS) is 1. The summed E-state index contributed by atoms with van der Waals surface area (Å²) >= 11 is 3.26. The lowest BCUT2D eigenvalue weighted by Crippen LogP contribution is -2.37. The van der Waals surface area contributed by atoms with Crippen molar-refractivity contribution in [2.45, 2.75) is 43.9 Å². The Morgan fingerprint density at radius 2 is 1.41 bits per heavy atom. The van der Waals surface area contributed by atoms with Gasteiger partial charge in [0, 0.05) is 38.5 Å². The van der Waals surface area contributed by atoms with E-state index in [1.54, 1.807) is 59.5 Å². The summed E-state index contributed by atoms with van der Waals surface area (Å²) in [7, 11) is 0. The summed E-state index contributed by atoms with van der Waals surface area (Å²) in [5.41, 5.74) is 0.763. The molecule has 1 N–H and O–H groups in total. The highest BCUT2D eigenvalue weighted by atomic mass is 79.9. The minimum Gasteiger partial charge on any atom is -0.481 e. The topological polar surface area (TPSA) is 69.8 Å².